The van der Waals surface area contributed by atoms with Gasteiger partial charge in [-0.1, -0.05) is 30.3 Å². The molecule has 2 heterocycles. The van der Waals surface area contributed by atoms with Crippen LogP contribution in [0.2, 0.25) is 0 Å². The maximum absolute atomic E-state index is 12.9. The third-order valence-corrected chi connectivity index (χ3v) is 5.25. The highest BCUT2D eigenvalue weighted by Crippen LogP contribution is 2.17. The van der Waals surface area contributed by atoms with Crippen LogP contribution >= 0.6 is 0 Å². The van der Waals surface area contributed by atoms with Gasteiger partial charge in [0, 0.05) is 37.8 Å². The van der Waals surface area contributed by atoms with Gasteiger partial charge in [0.15, 0.2) is 0 Å². The van der Waals surface area contributed by atoms with Gasteiger partial charge in [-0.05, 0) is 29.8 Å². The summed E-state index contributed by atoms with van der Waals surface area (Å²) in [4.78, 5) is 33.5. The van der Waals surface area contributed by atoms with Crippen LogP contribution in [0.15, 0.2) is 60.8 Å². The second-order valence-corrected chi connectivity index (χ2v) is 7.12. The van der Waals surface area contributed by atoms with Crippen molar-refractivity contribution in [2.75, 3.05) is 33.3 Å². The quantitative estimate of drug-likeness (QED) is 0.688. The van der Waals surface area contributed by atoms with E-state index in [4.69, 9.17) is 4.74 Å². The lowest BCUT2D eigenvalue weighted by Crippen LogP contribution is -2.51. The second kappa shape index (κ2) is 8.31. The summed E-state index contributed by atoms with van der Waals surface area (Å²) in [6.07, 6.45) is 1.96. The number of carbonyl (C=O) groups excluding carboxylic acids is 2. The topological polar surface area (TPSA) is 62.7 Å². The molecule has 148 valence electrons. The monoisotopic (exact) mass is 389 g/mol. The summed E-state index contributed by atoms with van der Waals surface area (Å²) in [5.41, 5.74) is 2.38. The number of piperazine rings is 1. The Kier molecular flexibility index (Phi) is 5.42. The van der Waals surface area contributed by atoms with Gasteiger partial charge in [0.2, 0.25) is 5.91 Å². The van der Waals surface area contributed by atoms with Crippen LogP contribution < -0.4 is 4.74 Å². The van der Waals surface area contributed by atoms with Gasteiger partial charge in [-0.25, -0.2) is 0 Å². The molecule has 0 N–H and O–H groups in total. The van der Waals surface area contributed by atoms with Crippen molar-refractivity contribution in [2.24, 2.45) is 0 Å². The number of amides is 2. The number of benzene rings is 2. The third-order valence-electron chi connectivity index (χ3n) is 5.25. The smallest absolute Gasteiger partial charge is 0.255 e. The molecule has 2 amide bonds. The van der Waals surface area contributed by atoms with Crippen molar-refractivity contribution >= 4 is 22.7 Å². The average Bonchev–Trinajstić information content (AvgIpc) is 2.78. The number of aromatic nitrogens is 1. The van der Waals surface area contributed by atoms with Crippen LogP contribution in [0.4, 0.5) is 0 Å². The molecule has 29 heavy (non-hydrogen) atoms. The standard InChI is InChI=1S/C23H23N3O3/c1-29-20-7-4-5-17(13-20)14-22(27)25-9-11-26(12-10-25)23(28)19-15-18-6-2-3-8-21(18)24-16-19/h2-8,13,15-16H,9-12,14H2,1H3. The number of fused-ring (bicyclic) bond motifs is 1. The summed E-state index contributed by atoms with van der Waals surface area (Å²) >= 11 is 0. The number of para-hydroxylation sites is 1. The highest BCUT2D eigenvalue weighted by atomic mass is 16.5. The fraction of sp³-hybridized carbons (Fsp3) is 0.261. The van der Waals surface area contributed by atoms with Gasteiger partial charge in [-0.2, -0.15) is 0 Å². The number of methoxy groups -OCH3 is 1. The first-order valence-corrected chi connectivity index (χ1v) is 9.69. The molecular formula is C23H23N3O3. The predicted molar refractivity (Wildman–Crippen MR) is 111 cm³/mol. The lowest BCUT2D eigenvalue weighted by Gasteiger charge is -2.35. The van der Waals surface area contributed by atoms with E-state index in [1.165, 1.54) is 0 Å². The van der Waals surface area contributed by atoms with E-state index in [-0.39, 0.29) is 11.8 Å². The molecule has 0 bridgehead atoms. The first-order chi connectivity index (χ1) is 14.1. The molecule has 1 aliphatic rings. The van der Waals surface area contributed by atoms with Crippen LogP contribution in [-0.4, -0.2) is 59.9 Å². The SMILES string of the molecule is COc1cccc(CC(=O)N2CCN(C(=O)c3cnc4ccccc4c3)CC2)c1. The number of hydrogen-bond donors (Lipinski definition) is 0. The maximum Gasteiger partial charge on any atom is 0.255 e. The molecule has 1 fully saturated rings. The number of pyridine rings is 1. The second-order valence-electron chi connectivity index (χ2n) is 7.12. The van der Waals surface area contributed by atoms with E-state index in [1.807, 2.05) is 59.5 Å². The molecule has 0 unspecified atom stereocenters. The zero-order valence-electron chi connectivity index (χ0n) is 16.4. The van der Waals surface area contributed by atoms with E-state index in [0.717, 1.165) is 22.2 Å². The molecule has 1 saturated heterocycles. The van der Waals surface area contributed by atoms with Crippen molar-refractivity contribution in [1.82, 2.24) is 14.8 Å². The number of ether oxygens (including phenoxy) is 1. The minimum Gasteiger partial charge on any atom is -0.497 e. The zero-order chi connectivity index (χ0) is 20.2. The predicted octanol–water partition coefficient (Wildman–Crippen LogP) is 2.77. The Balaban J connectivity index is 1.36. The minimum absolute atomic E-state index is 0.0388. The minimum atomic E-state index is -0.0388. The Morgan fingerprint density at radius 2 is 1.72 bits per heavy atom. The van der Waals surface area contributed by atoms with Gasteiger partial charge in [-0.3, -0.25) is 14.6 Å². The van der Waals surface area contributed by atoms with Crippen molar-refractivity contribution in [3.8, 4) is 5.75 Å². The molecule has 0 saturated carbocycles. The highest BCUT2D eigenvalue weighted by molar-refractivity contribution is 5.97. The molecule has 1 aliphatic heterocycles. The fourth-order valence-electron chi connectivity index (χ4n) is 3.60. The lowest BCUT2D eigenvalue weighted by molar-refractivity contribution is -0.131. The first-order valence-electron chi connectivity index (χ1n) is 9.69. The van der Waals surface area contributed by atoms with E-state index in [2.05, 4.69) is 4.98 Å². The van der Waals surface area contributed by atoms with E-state index < -0.39 is 0 Å². The summed E-state index contributed by atoms with van der Waals surface area (Å²) < 4.78 is 5.22. The summed E-state index contributed by atoms with van der Waals surface area (Å²) in [7, 11) is 1.61. The molecule has 0 aliphatic carbocycles. The zero-order valence-corrected chi connectivity index (χ0v) is 16.4. The number of carbonyl (C=O) groups is 2. The van der Waals surface area contributed by atoms with Crippen LogP contribution in [0.5, 0.6) is 5.75 Å². The van der Waals surface area contributed by atoms with E-state index in [0.29, 0.717) is 38.2 Å². The lowest BCUT2D eigenvalue weighted by atomic mass is 10.1. The highest BCUT2D eigenvalue weighted by Gasteiger charge is 2.25. The fourth-order valence-corrected chi connectivity index (χ4v) is 3.60. The van der Waals surface area contributed by atoms with Gasteiger partial charge in [0.1, 0.15) is 5.75 Å². The van der Waals surface area contributed by atoms with E-state index in [1.54, 1.807) is 18.2 Å². The van der Waals surface area contributed by atoms with E-state index >= 15 is 0 Å². The number of nitrogens with zero attached hydrogens (tertiary/aromatic N) is 3. The Morgan fingerprint density at radius 3 is 2.52 bits per heavy atom. The Morgan fingerprint density at radius 1 is 0.966 bits per heavy atom. The molecule has 0 spiro atoms. The molecule has 1 aromatic heterocycles. The largest absolute Gasteiger partial charge is 0.497 e. The van der Waals surface area contributed by atoms with Gasteiger partial charge in [0.25, 0.3) is 5.91 Å². The van der Waals surface area contributed by atoms with Crippen molar-refractivity contribution in [2.45, 2.75) is 6.42 Å². The Labute approximate surface area is 169 Å². The Hall–Kier alpha value is -3.41. The molecule has 6 nitrogen and oxygen atoms in total. The Bertz CT molecular complexity index is 1040. The molecule has 6 heteroatoms. The van der Waals surface area contributed by atoms with E-state index in [9.17, 15) is 9.59 Å². The molecule has 4 rings (SSSR count). The summed E-state index contributed by atoms with van der Waals surface area (Å²) in [5, 5.41) is 0.949. The third kappa shape index (κ3) is 4.21. The van der Waals surface area contributed by atoms with Crippen LogP contribution in [-0.2, 0) is 11.2 Å². The average molecular weight is 389 g/mol. The molecule has 0 radical (unpaired) electrons. The van der Waals surface area contributed by atoms with Gasteiger partial charge >= 0.3 is 0 Å². The molecular weight excluding hydrogens is 366 g/mol. The van der Waals surface area contributed by atoms with Gasteiger partial charge in [-0.15, -0.1) is 0 Å². The summed E-state index contributed by atoms with van der Waals surface area (Å²) in [6.45, 7) is 2.12. The summed E-state index contributed by atoms with van der Waals surface area (Å²) in [5.74, 6) is 0.774. The van der Waals surface area contributed by atoms with Crippen LogP contribution in [0, 0.1) is 0 Å². The maximum atomic E-state index is 12.9. The number of rotatable bonds is 4. The summed E-state index contributed by atoms with van der Waals surface area (Å²) in [6, 6.07) is 17.2. The van der Waals surface area contributed by atoms with Gasteiger partial charge in [0.05, 0.1) is 24.6 Å². The van der Waals surface area contributed by atoms with Crippen LogP contribution in [0.3, 0.4) is 0 Å². The first kappa shape index (κ1) is 18.9. The van der Waals surface area contributed by atoms with Crippen molar-refractivity contribution in [3.05, 3.63) is 71.9 Å². The van der Waals surface area contributed by atoms with Crippen LogP contribution in [0.1, 0.15) is 15.9 Å². The van der Waals surface area contributed by atoms with Gasteiger partial charge < -0.3 is 14.5 Å². The molecule has 2 aromatic carbocycles. The molecule has 3 aromatic rings. The normalized spacial score (nSPS) is 14.1. The van der Waals surface area contributed by atoms with Crippen molar-refractivity contribution in [3.63, 3.8) is 0 Å². The van der Waals surface area contributed by atoms with Crippen molar-refractivity contribution < 1.29 is 14.3 Å². The van der Waals surface area contributed by atoms with Crippen molar-refractivity contribution in [1.29, 1.82) is 0 Å². The number of hydrogen-bond acceptors (Lipinski definition) is 4. The van der Waals surface area contributed by atoms with Crippen LogP contribution in [0.25, 0.3) is 10.9 Å². The molecule has 0 atom stereocenters.